The molecular formula is C25H30ClN3O2. The van der Waals surface area contributed by atoms with Crippen molar-refractivity contribution in [2.45, 2.75) is 57.5 Å². The number of nitrogens with zero attached hydrogens (tertiary/aromatic N) is 1. The predicted octanol–water partition coefficient (Wildman–Crippen LogP) is 5.25. The number of nitrogens with one attached hydrogen (secondary N) is 2. The van der Waals surface area contributed by atoms with Crippen molar-refractivity contribution in [2.24, 2.45) is 0 Å². The highest BCUT2D eigenvalue weighted by molar-refractivity contribution is 6.34. The van der Waals surface area contributed by atoms with Gasteiger partial charge in [0, 0.05) is 31.5 Å². The Morgan fingerprint density at radius 1 is 1.03 bits per heavy atom. The van der Waals surface area contributed by atoms with Crippen LogP contribution in [-0.4, -0.2) is 35.5 Å². The molecule has 0 atom stereocenters. The molecule has 2 aromatic carbocycles. The number of anilines is 1. The third-order valence-electron chi connectivity index (χ3n) is 6.39. The topological polar surface area (TPSA) is 61.4 Å². The second-order valence-electron chi connectivity index (χ2n) is 8.62. The van der Waals surface area contributed by atoms with Gasteiger partial charge in [-0.05, 0) is 42.7 Å². The van der Waals surface area contributed by atoms with E-state index in [2.05, 4.69) is 29.7 Å². The van der Waals surface area contributed by atoms with Crippen LogP contribution in [0.2, 0.25) is 5.02 Å². The third kappa shape index (κ3) is 4.72. The molecule has 2 aliphatic heterocycles. The Morgan fingerprint density at radius 2 is 1.77 bits per heavy atom. The van der Waals surface area contributed by atoms with Crippen LogP contribution in [0.25, 0.3) is 0 Å². The molecule has 2 amide bonds. The fourth-order valence-corrected chi connectivity index (χ4v) is 4.78. The molecule has 4 rings (SSSR count). The van der Waals surface area contributed by atoms with Crippen molar-refractivity contribution in [1.82, 2.24) is 10.2 Å². The highest BCUT2D eigenvalue weighted by Crippen LogP contribution is 2.34. The summed E-state index contributed by atoms with van der Waals surface area (Å²) in [5, 5.41) is 7.00. The molecule has 2 N–H and O–H groups in total. The van der Waals surface area contributed by atoms with Gasteiger partial charge in [0.25, 0.3) is 11.8 Å². The van der Waals surface area contributed by atoms with Gasteiger partial charge in [0.2, 0.25) is 0 Å². The molecule has 5 nitrogen and oxygen atoms in total. The van der Waals surface area contributed by atoms with Crippen LogP contribution in [-0.2, 0) is 6.42 Å². The molecule has 2 heterocycles. The average Bonchev–Trinajstić information content (AvgIpc) is 2.77. The highest BCUT2D eigenvalue weighted by Gasteiger charge is 2.41. The minimum Gasteiger partial charge on any atom is -0.362 e. The minimum absolute atomic E-state index is 0.0537. The Balaban J connectivity index is 1.35. The van der Waals surface area contributed by atoms with Crippen LogP contribution in [0.1, 0.15) is 71.7 Å². The van der Waals surface area contributed by atoms with Gasteiger partial charge >= 0.3 is 0 Å². The van der Waals surface area contributed by atoms with E-state index in [-0.39, 0.29) is 11.8 Å². The van der Waals surface area contributed by atoms with Crippen LogP contribution in [0.5, 0.6) is 0 Å². The zero-order chi connectivity index (χ0) is 21.8. The fraction of sp³-hybridized carbons (Fsp3) is 0.440. The molecule has 0 aliphatic carbocycles. The van der Waals surface area contributed by atoms with Gasteiger partial charge in [0.1, 0.15) is 5.66 Å². The van der Waals surface area contributed by atoms with Crippen molar-refractivity contribution < 1.29 is 9.59 Å². The van der Waals surface area contributed by atoms with E-state index in [1.54, 1.807) is 6.07 Å². The van der Waals surface area contributed by atoms with Crippen molar-refractivity contribution in [3.05, 3.63) is 64.2 Å². The van der Waals surface area contributed by atoms with E-state index in [1.165, 1.54) is 31.2 Å². The number of piperidine rings is 1. The SMILES string of the molecule is CCCCCCc1ccc(C(=O)N2CCC3(CC2)NC(=O)c2c(Cl)cccc2N3)cc1. The van der Waals surface area contributed by atoms with Crippen molar-refractivity contribution >= 4 is 29.1 Å². The summed E-state index contributed by atoms with van der Waals surface area (Å²) in [6.45, 7) is 3.39. The number of unbranched alkanes of at least 4 members (excludes halogenated alkanes) is 3. The zero-order valence-corrected chi connectivity index (χ0v) is 18.8. The maximum absolute atomic E-state index is 13.0. The second kappa shape index (κ2) is 9.31. The number of carbonyl (C=O) groups is 2. The molecule has 1 fully saturated rings. The molecule has 6 heteroatoms. The minimum atomic E-state index is -0.534. The van der Waals surface area contributed by atoms with Crippen LogP contribution < -0.4 is 10.6 Å². The van der Waals surface area contributed by atoms with Gasteiger partial charge in [0.05, 0.1) is 16.3 Å². The van der Waals surface area contributed by atoms with Gasteiger partial charge < -0.3 is 15.5 Å². The molecule has 0 saturated carbocycles. The summed E-state index contributed by atoms with van der Waals surface area (Å²) in [4.78, 5) is 27.5. The molecule has 0 unspecified atom stereocenters. The molecule has 1 saturated heterocycles. The molecule has 0 bridgehead atoms. The van der Waals surface area contributed by atoms with Gasteiger partial charge in [-0.15, -0.1) is 0 Å². The van der Waals surface area contributed by atoms with Crippen molar-refractivity contribution in [2.75, 3.05) is 18.4 Å². The lowest BCUT2D eigenvalue weighted by molar-refractivity contribution is 0.0639. The number of likely N-dealkylation sites (tertiary alicyclic amines) is 1. The standard InChI is InChI=1S/C25H30ClN3O2/c1-2-3-4-5-7-18-10-12-19(13-11-18)24(31)29-16-14-25(15-17-29)27-21-9-6-8-20(26)22(21)23(30)28-25/h6,8-13,27H,2-5,7,14-17H2,1H3,(H,28,30). The molecular weight excluding hydrogens is 410 g/mol. The first kappa shape index (κ1) is 21.7. The smallest absolute Gasteiger partial charge is 0.256 e. The van der Waals surface area contributed by atoms with Crippen LogP contribution in [0.15, 0.2) is 42.5 Å². The van der Waals surface area contributed by atoms with E-state index < -0.39 is 5.66 Å². The van der Waals surface area contributed by atoms with Crippen molar-refractivity contribution in [1.29, 1.82) is 0 Å². The molecule has 1 spiro atoms. The van der Waals surface area contributed by atoms with E-state index >= 15 is 0 Å². The van der Waals surface area contributed by atoms with Crippen molar-refractivity contribution in [3.63, 3.8) is 0 Å². The number of halogens is 1. The first-order valence-corrected chi connectivity index (χ1v) is 11.7. The quantitative estimate of drug-likeness (QED) is 0.604. The number of amides is 2. The van der Waals surface area contributed by atoms with E-state index in [4.69, 9.17) is 11.6 Å². The van der Waals surface area contributed by atoms with Gasteiger partial charge in [-0.25, -0.2) is 0 Å². The lowest BCUT2D eigenvalue weighted by Gasteiger charge is -2.46. The van der Waals surface area contributed by atoms with Crippen LogP contribution in [0, 0.1) is 0 Å². The Labute approximate surface area is 189 Å². The molecule has 2 aliphatic rings. The van der Waals surface area contributed by atoms with Crippen LogP contribution >= 0.6 is 11.6 Å². The lowest BCUT2D eigenvalue weighted by atomic mass is 9.92. The largest absolute Gasteiger partial charge is 0.362 e. The molecule has 0 aromatic heterocycles. The summed E-state index contributed by atoms with van der Waals surface area (Å²) in [5.41, 5.74) is 2.73. The summed E-state index contributed by atoms with van der Waals surface area (Å²) in [5.74, 6) is -0.105. The van der Waals surface area contributed by atoms with Gasteiger partial charge in [-0.2, -0.15) is 0 Å². The second-order valence-corrected chi connectivity index (χ2v) is 9.03. The molecule has 31 heavy (non-hydrogen) atoms. The maximum atomic E-state index is 13.0. The van der Waals surface area contributed by atoms with Gasteiger partial charge in [0.15, 0.2) is 0 Å². The highest BCUT2D eigenvalue weighted by atomic mass is 35.5. The lowest BCUT2D eigenvalue weighted by Crippen LogP contribution is -2.62. The fourth-order valence-electron chi connectivity index (χ4n) is 4.52. The van der Waals surface area contributed by atoms with E-state index in [1.807, 2.05) is 29.2 Å². The van der Waals surface area contributed by atoms with Gasteiger partial charge in [-0.1, -0.05) is 56.0 Å². The monoisotopic (exact) mass is 439 g/mol. The number of aryl methyl sites for hydroxylation is 1. The number of hydrogen-bond acceptors (Lipinski definition) is 3. The third-order valence-corrected chi connectivity index (χ3v) is 6.71. The summed E-state index contributed by atoms with van der Waals surface area (Å²) in [6, 6.07) is 13.5. The number of benzene rings is 2. The molecule has 164 valence electrons. The molecule has 2 aromatic rings. The number of carbonyl (C=O) groups excluding carboxylic acids is 2. The summed E-state index contributed by atoms with van der Waals surface area (Å²) >= 11 is 6.20. The first-order chi connectivity index (χ1) is 15.0. The number of hydrogen-bond donors (Lipinski definition) is 2. The van der Waals surface area contributed by atoms with Gasteiger partial charge in [-0.3, -0.25) is 9.59 Å². The number of fused-ring (bicyclic) bond motifs is 1. The Morgan fingerprint density at radius 3 is 2.48 bits per heavy atom. The van der Waals surface area contributed by atoms with Crippen LogP contribution in [0.4, 0.5) is 5.69 Å². The average molecular weight is 440 g/mol. The van der Waals surface area contributed by atoms with Crippen LogP contribution in [0.3, 0.4) is 0 Å². The zero-order valence-electron chi connectivity index (χ0n) is 18.0. The summed E-state index contributed by atoms with van der Waals surface area (Å²) in [7, 11) is 0. The number of rotatable bonds is 6. The normalized spacial score (nSPS) is 17.1. The summed E-state index contributed by atoms with van der Waals surface area (Å²) in [6.07, 6.45) is 7.33. The summed E-state index contributed by atoms with van der Waals surface area (Å²) < 4.78 is 0. The first-order valence-electron chi connectivity index (χ1n) is 11.3. The molecule has 0 radical (unpaired) electrons. The van der Waals surface area contributed by atoms with E-state index in [0.29, 0.717) is 36.5 Å². The van der Waals surface area contributed by atoms with E-state index in [0.717, 1.165) is 17.7 Å². The maximum Gasteiger partial charge on any atom is 0.256 e. The Hall–Kier alpha value is -2.53. The Bertz CT molecular complexity index is 950. The Kier molecular flexibility index (Phi) is 6.51. The van der Waals surface area contributed by atoms with Crippen molar-refractivity contribution in [3.8, 4) is 0 Å². The van der Waals surface area contributed by atoms with E-state index in [9.17, 15) is 9.59 Å². The predicted molar refractivity (Wildman–Crippen MR) is 125 cm³/mol.